The number of benzene rings is 1. The van der Waals surface area contributed by atoms with Gasteiger partial charge < -0.3 is 14.1 Å². The van der Waals surface area contributed by atoms with Gasteiger partial charge in [0.15, 0.2) is 6.61 Å². The fourth-order valence-electron chi connectivity index (χ4n) is 3.17. The van der Waals surface area contributed by atoms with E-state index in [0.29, 0.717) is 22.3 Å². The summed E-state index contributed by atoms with van der Waals surface area (Å²) in [5.74, 6) is 1.71. The normalized spacial score (nSPS) is 12.3. The van der Waals surface area contributed by atoms with Crippen LogP contribution in [0.4, 0.5) is 0 Å². The van der Waals surface area contributed by atoms with Crippen molar-refractivity contribution < 1.29 is 9.15 Å². The van der Waals surface area contributed by atoms with Crippen molar-refractivity contribution in [2.24, 2.45) is 0 Å². The van der Waals surface area contributed by atoms with Crippen molar-refractivity contribution in [3.63, 3.8) is 0 Å². The Balaban J connectivity index is 1.30. The van der Waals surface area contributed by atoms with E-state index in [1.54, 1.807) is 11.3 Å². The summed E-state index contributed by atoms with van der Waals surface area (Å²) in [5.41, 5.74) is 1.90. The van der Waals surface area contributed by atoms with Crippen LogP contribution >= 0.6 is 34.4 Å². The summed E-state index contributed by atoms with van der Waals surface area (Å²) in [6, 6.07) is 11.7. The van der Waals surface area contributed by atoms with E-state index in [2.05, 4.69) is 20.2 Å². The highest BCUT2D eigenvalue weighted by Gasteiger charge is 2.19. The van der Waals surface area contributed by atoms with Crippen LogP contribution in [0.15, 0.2) is 61.6 Å². The molecule has 162 valence electrons. The maximum atomic E-state index is 12.8. The van der Waals surface area contributed by atoms with Gasteiger partial charge in [-0.05, 0) is 43.0 Å². The Morgan fingerprint density at radius 3 is 2.94 bits per heavy atom. The maximum Gasteiger partial charge on any atom is 0.277 e. The smallest absolute Gasteiger partial charge is 0.277 e. The van der Waals surface area contributed by atoms with Crippen molar-refractivity contribution in [2.45, 2.75) is 30.9 Å². The van der Waals surface area contributed by atoms with Crippen LogP contribution in [0, 0.1) is 6.92 Å². The van der Waals surface area contributed by atoms with Gasteiger partial charge in [0.25, 0.3) is 16.7 Å². The van der Waals surface area contributed by atoms with Crippen molar-refractivity contribution in [1.82, 2.24) is 20.2 Å². The Bertz CT molecular complexity index is 1420. The summed E-state index contributed by atoms with van der Waals surface area (Å²) < 4.78 is 11.4. The number of aromatic nitrogens is 4. The average molecular weight is 483 g/mol. The third kappa shape index (κ3) is 4.34. The predicted molar refractivity (Wildman–Crippen MR) is 128 cm³/mol. The van der Waals surface area contributed by atoms with Gasteiger partial charge in [-0.1, -0.05) is 30.0 Å². The van der Waals surface area contributed by atoms with Crippen LogP contribution in [0.5, 0.6) is 5.75 Å². The van der Waals surface area contributed by atoms with Gasteiger partial charge in [0.05, 0.1) is 10.6 Å². The minimum Gasteiger partial charge on any atom is -0.484 e. The fourth-order valence-corrected chi connectivity index (χ4v) is 5.70. The van der Waals surface area contributed by atoms with Crippen LogP contribution in [0.25, 0.3) is 20.7 Å². The average Bonchev–Trinajstić information content (AvgIpc) is 3.53. The maximum absolute atomic E-state index is 12.8. The number of hydrogen-bond acceptors (Lipinski definition) is 9. The minimum absolute atomic E-state index is 0.139. The first-order valence-electron chi connectivity index (χ1n) is 9.80. The molecule has 0 aliphatic carbocycles. The highest BCUT2D eigenvalue weighted by molar-refractivity contribution is 7.99. The second-order valence-corrected chi connectivity index (χ2v) is 10.2. The molecule has 7 nitrogen and oxygen atoms in total. The monoisotopic (exact) mass is 482 g/mol. The number of ether oxygens (including phenoxy) is 1. The molecule has 0 spiro atoms. The van der Waals surface area contributed by atoms with E-state index in [-0.39, 0.29) is 17.4 Å². The number of rotatable bonds is 7. The summed E-state index contributed by atoms with van der Waals surface area (Å²) in [6.45, 7) is 4.13. The molecule has 0 aliphatic rings. The lowest BCUT2D eigenvalue weighted by atomic mass is 10.2. The molecule has 0 saturated heterocycles. The van der Waals surface area contributed by atoms with E-state index in [1.165, 1.54) is 23.1 Å². The van der Waals surface area contributed by atoms with Gasteiger partial charge in [0.2, 0.25) is 0 Å². The van der Waals surface area contributed by atoms with Crippen molar-refractivity contribution >= 4 is 44.7 Å². The zero-order chi connectivity index (χ0) is 22.1. The molecule has 0 bridgehead atoms. The second kappa shape index (κ2) is 8.89. The number of thioether (sulfide) groups is 1. The standard InChI is InChI=1S/C22H18N4O3S3/c1-12-5-3-6-14(9-12)28-10-17-25-26-22(29-17)32-13(2)19-23-20(27)18-15(11-31-21(18)24-19)16-7-4-8-30-16/h3-9,11,13H,10H2,1-2H3,(H,23,24,27). The summed E-state index contributed by atoms with van der Waals surface area (Å²) >= 11 is 4.42. The lowest BCUT2D eigenvalue weighted by molar-refractivity contribution is 0.252. The number of thiophene rings is 2. The Morgan fingerprint density at radius 2 is 2.12 bits per heavy atom. The van der Waals surface area contributed by atoms with Crippen molar-refractivity contribution in [2.75, 3.05) is 0 Å². The fraction of sp³-hybridized carbons (Fsp3) is 0.182. The van der Waals surface area contributed by atoms with Gasteiger partial charge in [-0.2, -0.15) is 0 Å². The largest absolute Gasteiger partial charge is 0.484 e. The van der Waals surface area contributed by atoms with Crippen LogP contribution in [0.2, 0.25) is 0 Å². The molecule has 1 unspecified atom stereocenters. The summed E-state index contributed by atoms with van der Waals surface area (Å²) in [4.78, 5) is 22.2. The first-order valence-corrected chi connectivity index (χ1v) is 12.4. The van der Waals surface area contributed by atoms with Crippen LogP contribution in [-0.2, 0) is 6.61 Å². The number of nitrogens with zero attached hydrogens (tertiary/aromatic N) is 3. The number of aryl methyl sites for hydroxylation is 1. The molecule has 0 radical (unpaired) electrons. The van der Waals surface area contributed by atoms with Crippen LogP contribution in [0.3, 0.4) is 0 Å². The third-order valence-electron chi connectivity index (χ3n) is 4.71. The number of nitrogens with one attached hydrogen (secondary N) is 1. The molecule has 1 atom stereocenters. The van der Waals surface area contributed by atoms with Crippen LogP contribution in [0.1, 0.15) is 29.5 Å². The predicted octanol–water partition coefficient (Wildman–Crippen LogP) is 5.84. The van der Waals surface area contributed by atoms with Gasteiger partial charge >= 0.3 is 0 Å². The highest BCUT2D eigenvalue weighted by atomic mass is 32.2. The molecule has 10 heteroatoms. The van der Waals surface area contributed by atoms with E-state index in [0.717, 1.165) is 26.6 Å². The number of fused-ring (bicyclic) bond motifs is 1. The highest BCUT2D eigenvalue weighted by Crippen LogP contribution is 2.36. The molecular weight excluding hydrogens is 464 g/mol. The molecule has 4 heterocycles. The topological polar surface area (TPSA) is 93.9 Å². The molecule has 5 rings (SSSR count). The number of H-pyrrole nitrogens is 1. The molecular formula is C22H18N4O3S3. The Kier molecular flexibility index (Phi) is 5.81. The molecule has 5 aromatic rings. The summed E-state index contributed by atoms with van der Waals surface area (Å²) in [7, 11) is 0. The van der Waals surface area contributed by atoms with Crippen molar-refractivity contribution in [1.29, 1.82) is 0 Å². The molecule has 0 amide bonds. The van der Waals surface area contributed by atoms with E-state index in [9.17, 15) is 4.79 Å². The van der Waals surface area contributed by atoms with E-state index >= 15 is 0 Å². The molecule has 0 aliphatic heterocycles. The van der Waals surface area contributed by atoms with Crippen LogP contribution in [-0.4, -0.2) is 20.2 Å². The zero-order valence-electron chi connectivity index (χ0n) is 17.2. The Hall–Kier alpha value is -2.95. The zero-order valence-corrected chi connectivity index (χ0v) is 19.6. The Labute approximate surface area is 195 Å². The third-order valence-corrected chi connectivity index (χ3v) is 7.43. The SMILES string of the molecule is Cc1cccc(OCc2nnc(SC(C)c3nc4scc(-c5cccs5)c4c(=O)[nH]3)o2)c1. The first kappa shape index (κ1) is 20.9. The number of hydrogen-bond donors (Lipinski definition) is 1. The quantitative estimate of drug-likeness (QED) is 0.291. The molecule has 4 aromatic heterocycles. The molecule has 32 heavy (non-hydrogen) atoms. The van der Waals surface area contributed by atoms with E-state index in [1.807, 2.05) is 61.0 Å². The number of aromatic amines is 1. The second-order valence-electron chi connectivity index (χ2n) is 7.08. The van der Waals surface area contributed by atoms with Gasteiger partial charge in [0.1, 0.15) is 16.4 Å². The van der Waals surface area contributed by atoms with Gasteiger partial charge in [-0.15, -0.1) is 32.9 Å². The summed E-state index contributed by atoms with van der Waals surface area (Å²) in [6.07, 6.45) is 0. The molecule has 0 saturated carbocycles. The van der Waals surface area contributed by atoms with Crippen molar-refractivity contribution in [3.05, 3.63) is 74.8 Å². The van der Waals surface area contributed by atoms with Crippen molar-refractivity contribution in [3.8, 4) is 16.2 Å². The van der Waals surface area contributed by atoms with Gasteiger partial charge in [0, 0.05) is 15.8 Å². The summed E-state index contributed by atoms with van der Waals surface area (Å²) in [5, 5.41) is 13.0. The lowest BCUT2D eigenvalue weighted by Gasteiger charge is -2.07. The molecule has 0 fully saturated rings. The van der Waals surface area contributed by atoms with Gasteiger partial charge in [-0.3, -0.25) is 4.79 Å². The molecule has 1 N–H and O–H groups in total. The van der Waals surface area contributed by atoms with Crippen LogP contribution < -0.4 is 10.3 Å². The molecule has 1 aromatic carbocycles. The van der Waals surface area contributed by atoms with Gasteiger partial charge in [-0.25, -0.2) is 4.98 Å². The first-order chi connectivity index (χ1) is 15.6. The Morgan fingerprint density at radius 1 is 1.22 bits per heavy atom. The van der Waals surface area contributed by atoms with E-state index in [4.69, 9.17) is 9.15 Å². The van der Waals surface area contributed by atoms with E-state index < -0.39 is 0 Å². The minimum atomic E-state index is -0.176. The lowest BCUT2D eigenvalue weighted by Crippen LogP contribution is -2.12.